The number of H-pyrrole nitrogens is 1. The normalized spacial score (nSPS) is 21.9. The molecule has 4 aromatic rings. The Hall–Kier alpha value is -5.38. The molecule has 6 aliphatic rings. The third-order valence-electron chi connectivity index (χ3n) is 13.5. The van der Waals surface area contributed by atoms with Crippen molar-refractivity contribution in [3.63, 3.8) is 0 Å². The Bertz CT molecular complexity index is 3360. The zero-order valence-corrected chi connectivity index (χ0v) is 40.4. The number of benzene rings is 3. The largest absolute Gasteiger partial charge is 0.545 e. The van der Waals surface area contributed by atoms with E-state index in [2.05, 4.69) is 45.1 Å². The molecule has 7 heterocycles. The SMILES string of the molecule is O=C(NC/C=C/c1cn([C@H]2C[C@H](O)[C@@H](COP(=O)(O)OP(=O)(O)OP(=O)(O)O)O2)c(=O)[nH]c1=O)c1ccc(C(=O)[O-])c(C2=c3cc4c5c(c3Oc3c2cc2c6c3CCCN6CCC2)CCC[N+]=5CCC4)c1. The number of phosphoric acid groups is 3. The molecule has 26 heteroatoms. The third-order valence-corrected chi connectivity index (χ3v) is 17.3. The molecule has 3 aromatic carbocycles. The number of phosphoric ester groups is 1. The molecule has 0 aliphatic carbocycles. The topological polar surface area (TPSA) is 329 Å². The number of ether oxygens (including phenoxy) is 2. The highest BCUT2D eigenvalue weighted by Gasteiger charge is 2.43. The predicted octanol–water partition coefficient (Wildman–Crippen LogP) is 0.770. The number of amides is 1. The van der Waals surface area contributed by atoms with Gasteiger partial charge < -0.3 is 54.3 Å². The van der Waals surface area contributed by atoms with Crippen LogP contribution >= 0.6 is 23.5 Å². The van der Waals surface area contributed by atoms with Gasteiger partial charge in [-0.15, -0.1) is 0 Å². The highest BCUT2D eigenvalue weighted by molar-refractivity contribution is 7.66. The van der Waals surface area contributed by atoms with Crippen molar-refractivity contribution in [1.29, 1.82) is 0 Å². The van der Waals surface area contributed by atoms with Crippen LogP contribution in [0, 0.1) is 0 Å². The first-order valence-corrected chi connectivity index (χ1v) is 27.5. The lowest BCUT2D eigenvalue weighted by Gasteiger charge is -2.39. The minimum Gasteiger partial charge on any atom is -0.545 e. The summed E-state index contributed by atoms with van der Waals surface area (Å²) in [6.45, 7) is 2.68. The Morgan fingerprint density at radius 3 is 2.39 bits per heavy atom. The van der Waals surface area contributed by atoms with Crippen molar-refractivity contribution in [1.82, 2.24) is 19.4 Å². The molecule has 2 unspecified atom stereocenters. The van der Waals surface area contributed by atoms with Gasteiger partial charge in [0.2, 0.25) is 5.36 Å². The maximum absolute atomic E-state index is 14.0. The van der Waals surface area contributed by atoms with Gasteiger partial charge in [-0.3, -0.25) is 23.7 Å². The molecule has 10 rings (SSSR count). The molecular formula is C45H48N5O18P3. The number of anilines is 1. The van der Waals surface area contributed by atoms with Crippen LogP contribution in [-0.4, -0.2) is 97.6 Å². The second-order valence-corrected chi connectivity index (χ2v) is 22.5. The average molecular weight is 1040 g/mol. The van der Waals surface area contributed by atoms with E-state index >= 15 is 0 Å². The quantitative estimate of drug-likeness (QED) is 0.0597. The second-order valence-electron chi connectivity index (χ2n) is 18.1. The molecule has 71 heavy (non-hydrogen) atoms. The van der Waals surface area contributed by atoms with E-state index in [0.29, 0.717) is 22.6 Å². The van der Waals surface area contributed by atoms with Crippen LogP contribution in [0.1, 0.15) is 98.0 Å². The Labute approximate surface area is 402 Å². The molecule has 0 spiro atoms. The van der Waals surface area contributed by atoms with Crippen molar-refractivity contribution in [3.05, 3.63) is 124 Å². The number of fused-ring (bicyclic) bond motifs is 4. The minimum atomic E-state index is -5.81. The second kappa shape index (κ2) is 18.9. The number of aromatic amines is 1. The lowest BCUT2D eigenvalue weighted by Crippen LogP contribution is -2.45. The van der Waals surface area contributed by atoms with Crippen molar-refractivity contribution < 1.29 is 75.7 Å². The van der Waals surface area contributed by atoms with E-state index in [1.165, 1.54) is 46.5 Å². The Balaban J connectivity index is 0.913. The number of nitrogens with one attached hydrogen (secondary N) is 2. The van der Waals surface area contributed by atoms with Gasteiger partial charge in [-0.25, -0.2) is 23.1 Å². The molecule has 0 saturated carbocycles. The smallest absolute Gasteiger partial charge is 0.490 e. The maximum atomic E-state index is 14.0. The molecule has 1 aromatic heterocycles. The summed E-state index contributed by atoms with van der Waals surface area (Å²) < 4.78 is 62.8. The van der Waals surface area contributed by atoms with Crippen molar-refractivity contribution in [3.8, 4) is 11.5 Å². The summed E-state index contributed by atoms with van der Waals surface area (Å²) in [6.07, 6.45) is 6.51. The van der Waals surface area contributed by atoms with E-state index in [1.54, 1.807) is 6.07 Å². The summed E-state index contributed by atoms with van der Waals surface area (Å²) in [6, 6.07) is 8.63. The molecule has 0 bridgehead atoms. The Morgan fingerprint density at radius 1 is 0.901 bits per heavy atom. The van der Waals surface area contributed by atoms with Crippen LogP contribution in [0.5, 0.6) is 11.5 Å². The van der Waals surface area contributed by atoms with E-state index < -0.39 is 71.6 Å². The number of aromatic nitrogens is 2. The number of aryl methyl sites for hydroxylation is 2. The number of hydrogen-bond donors (Lipinski definition) is 7. The predicted molar refractivity (Wildman–Crippen MR) is 248 cm³/mol. The standard InChI is InChI=1S/C45H48N5O18P3/c51-34-21-36(65-35(34)23-64-70(60,61)68-71(62,63)67-69(57,58)59)50-22-27(43(53)47-45(50)56)6-1-13-46-42(52)26-11-12-28(44(54)55)31(20-26)37-32-18-24-7-2-14-48-16-4-9-29(38(24)48)40(32)66-41-30-10-5-17-49-15-3-8-25(39(30)49)19-33(37)41/h1,6,11-12,18-20,22,34-36,51H,2-5,7-10,13-17,21,23H2,(H6-,46,47,52,53,54,55,56,57,58,59,60,61,62,63)/b6-1+/t34-,35+,36+/m0/s1. The van der Waals surface area contributed by atoms with Crippen molar-refractivity contribution in [2.24, 2.45) is 0 Å². The van der Waals surface area contributed by atoms with E-state index in [4.69, 9.17) is 19.3 Å². The van der Waals surface area contributed by atoms with E-state index in [1.807, 2.05) is 0 Å². The fraction of sp³-hybridized carbons (Fsp3) is 0.400. The number of aliphatic hydroxyl groups is 1. The third kappa shape index (κ3) is 9.82. The summed E-state index contributed by atoms with van der Waals surface area (Å²) in [5, 5.41) is 28.4. The zero-order chi connectivity index (χ0) is 50.1. The first-order chi connectivity index (χ1) is 33.7. The number of carbonyl (C=O) groups excluding carboxylic acids is 2. The van der Waals surface area contributed by atoms with E-state index in [9.17, 15) is 52.9 Å². The molecule has 1 amide bonds. The number of rotatable bonds is 14. The summed E-state index contributed by atoms with van der Waals surface area (Å²) in [7, 11) is -17.0. The highest BCUT2D eigenvalue weighted by atomic mass is 31.3. The number of aromatic carboxylic acids is 1. The molecule has 0 radical (unpaired) electrons. The number of carboxylic acids is 1. The fourth-order valence-corrected chi connectivity index (χ4v) is 13.7. The Kier molecular flexibility index (Phi) is 13.1. The van der Waals surface area contributed by atoms with Gasteiger partial charge >= 0.3 is 29.2 Å². The van der Waals surface area contributed by atoms with Gasteiger partial charge in [0.15, 0.2) is 0 Å². The molecular weight excluding hydrogens is 991 g/mol. The Morgan fingerprint density at radius 2 is 1.63 bits per heavy atom. The number of carbonyl (C=O) groups is 2. The van der Waals surface area contributed by atoms with Gasteiger partial charge in [0, 0.05) is 89.4 Å². The van der Waals surface area contributed by atoms with Crippen molar-refractivity contribution >= 4 is 52.7 Å². The number of nitrogens with zero attached hydrogens (tertiary/aromatic N) is 3. The summed E-state index contributed by atoms with van der Waals surface area (Å²) >= 11 is 0. The molecule has 1 saturated heterocycles. The van der Waals surface area contributed by atoms with E-state index in [0.717, 1.165) is 110 Å². The molecule has 5 atom stereocenters. The molecule has 6 aliphatic heterocycles. The summed E-state index contributed by atoms with van der Waals surface area (Å²) in [5.74, 6) is -0.533. The van der Waals surface area contributed by atoms with Gasteiger partial charge in [0.25, 0.3) is 11.5 Å². The van der Waals surface area contributed by atoms with Crippen LogP contribution in [0.4, 0.5) is 5.69 Å². The van der Waals surface area contributed by atoms with Crippen LogP contribution < -0.4 is 46.5 Å². The molecule has 1 fully saturated rings. The van der Waals surface area contributed by atoms with Crippen LogP contribution in [0.2, 0.25) is 0 Å². The summed E-state index contributed by atoms with van der Waals surface area (Å²) in [5.41, 5.74) is 5.73. The van der Waals surface area contributed by atoms with Crippen LogP contribution in [0.25, 0.3) is 11.6 Å². The lowest BCUT2D eigenvalue weighted by molar-refractivity contribution is -0.255. The molecule has 7 N–H and O–H groups in total. The van der Waals surface area contributed by atoms with Gasteiger partial charge in [0.1, 0.15) is 36.9 Å². The maximum Gasteiger partial charge on any atom is 0.490 e. The fourth-order valence-electron chi connectivity index (χ4n) is 10.7. The van der Waals surface area contributed by atoms with Crippen LogP contribution in [-0.2, 0) is 57.3 Å². The first-order valence-electron chi connectivity index (χ1n) is 22.9. The van der Waals surface area contributed by atoms with Gasteiger partial charge in [-0.05, 0) is 73.9 Å². The first kappa shape index (κ1) is 49.2. The monoisotopic (exact) mass is 1040 g/mol. The van der Waals surface area contributed by atoms with Crippen molar-refractivity contribution in [2.45, 2.75) is 76.2 Å². The van der Waals surface area contributed by atoms with E-state index in [-0.39, 0.29) is 29.7 Å². The van der Waals surface area contributed by atoms with Gasteiger partial charge in [-0.2, -0.15) is 8.62 Å². The van der Waals surface area contributed by atoms with Gasteiger partial charge in [0.05, 0.1) is 29.8 Å². The zero-order valence-electron chi connectivity index (χ0n) is 37.7. The highest BCUT2D eigenvalue weighted by Crippen LogP contribution is 2.66. The average Bonchev–Trinajstić information content (AvgIpc) is 3.68. The van der Waals surface area contributed by atoms with Crippen LogP contribution in [0.15, 0.2) is 52.2 Å². The number of aliphatic hydroxyl groups excluding tert-OH is 1. The molecule has 376 valence electrons. The minimum absolute atomic E-state index is 0.0869. The van der Waals surface area contributed by atoms with Crippen LogP contribution in [0.3, 0.4) is 0 Å². The number of carboxylic acid groups (broad SMARTS) is 1. The number of hydrogen-bond acceptors (Lipinski definition) is 15. The van der Waals surface area contributed by atoms with Crippen molar-refractivity contribution in [2.75, 3.05) is 44.2 Å². The van der Waals surface area contributed by atoms with Gasteiger partial charge in [-0.1, -0.05) is 18.2 Å². The lowest BCUT2D eigenvalue weighted by atomic mass is 9.81. The summed E-state index contributed by atoms with van der Waals surface area (Å²) in [4.78, 5) is 93.9. The molecule has 23 nitrogen and oxygen atoms in total.